The molecule has 0 saturated carbocycles. The summed E-state index contributed by atoms with van der Waals surface area (Å²) < 4.78 is 0. The highest BCUT2D eigenvalue weighted by Crippen LogP contribution is 1.97. The van der Waals surface area contributed by atoms with Gasteiger partial charge < -0.3 is 20.8 Å². The molecular formula is C10H22Br2N2O4. The van der Waals surface area contributed by atoms with Crippen molar-refractivity contribution in [1.29, 1.82) is 0 Å². The minimum atomic E-state index is -0.835. The van der Waals surface area contributed by atoms with E-state index in [1.165, 1.54) is 0 Å². The SMILES string of the molecule is Br.Br.O=C(O)CNCCCCCCNCC(=O)O. The molecule has 0 aliphatic carbocycles. The van der Waals surface area contributed by atoms with Gasteiger partial charge in [0, 0.05) is 0 Å². The predicted molar refractivity (Wildman–Crippen MR) is 80.1 cm³/mol. The van der Waals surface area contributed by atoms with Crippen LogP contribution in [0.15, 0.2) is 0 Å². The average molecular weight is 394 g/mol. The van der Waals surface area contributed by atoms with Crippen molar-refractivity contribution in [2.45, 2.75) is 25.7 Å². The molecule has 0 bridgehead atoms. The van der Waals surface area contributed by atoms with Gasteiger partial charge in [-0.1, -0.05) is 12.8 Å². The Morgan fingerprint density at radius 2 is 1.06 bits per heavy atom. The van der Waals surface area contributed by atoms with E-state index in [0.29, 0.717) is 0 Å². The summed E-state index contributed by atoms with van der Waals surface area (Å²) in [4.78, 5) is 20.3. The molecule has 0 saturated heterocycles. The summed E-state index contributed by atoms with van der Waals surface area (Å²) in [6, 6.07) is 0. The Bertz CT molecular complexity index is 196. The standard InChI is InChI=1S/C10H20N2O4.2BrH/c13-9(14)7-11-5-3-1-2-4-6-12-8-10(15)16;;/h11-12H,1-8H2,(H,13,14)(H,15,16);2*1H. The van der Waals surface area contributed by atoms with Gasteiger partial charge in [0.15, 0.2) is 0 Å². The maximum absolute atomic E-state index is 10.1. The molecule has 8 heteroatoms. The number of unbranched alkanes of at least 4 members (excludes halogenated alkanes) is 3. The lowest BCUT2D eigenvalue weighted by Crippen LogP contribution is -2.24. The predicted octanol–water partition coefficient (Wildman–Crippen LogP) is 1.05. The molecule has 6 nitrogen and oxygen atoms in total. The summed E-state index contributed by atoms with van der Waals surface area (Å²) >= 11 is 0. The van der Waals surface area contributed by atoms with Gasteiger partial charge in [-0.05, 0) is 25.9 Å². The number of carbonyl (C=O) groups is 2. The Labute approximate surface area is 128 Å². The minimum absolute atomic E-state index is 0. The molecule has 4 N–H and O–H groups in total. The van der Waals surface area contributed by atoms with Crippen molar-refractivity contribution in [1.82, 2.24) is 10.6 Å². The molecule has 0 aromatic rings. The zero-order valence-electron chi connectivity index (χ0n) is 10.2. The number of rotatable bonds is 11. The molecule has 0 radical (unpaired) electrons. The van der Waals surface area contributed by atoms with Gasteiger partial charge in [-0.3, -0.25) is 9.59 Å². The topological polar surface area (TPSA) is 98.7 Å². The van der Waals surface area contributed by atoms with Crippen LogP contribution in [0.4, 0.5) is 0 Å². The van der Waals surface area contributed by atoms with Crippen LogP contribution in [0.3, 0.4) is 0 Å². The number of nitrogens with one attached hydrogen (secondary N) is 2. The smallest absolute Gasteiger partial charge is 0.317 e. The van der Waals surface area contributed by atoms with Crippen LogP contribution in [-0.2, 0) is 9.59 Å². The van der Waals surface area contributed by atoms with Gasteiger partial charge in [0.05, 0.1) is 13.1 Å². The molecule has 0 fully saturated rings. The van der Waals surface area contributed by atoms with Crippen molar-refractivity contribution in [3.63, 3.8) is 0 Å². The summed E-state index contributed by atoms with van der Waals surface area (Å²) in [5, 5.41) is 22.3. The minimum Gasteiger partial charge on any atom is -0.480 e. The average Bonchev–Trinajstić information content (AvgIpc) is 2.20. The molecule has 0 aromatic carbocycles. The number of halogens is 2. The van der Waals surface area contributed by atoms with Gasteiger partial charge in [0.25, 0.3) is 0 Å². The van der Waals surface area contributed by atoms with E-state index in [1.807, 2.05) is 0 Å². The molecule has 0 atom stereocenters. The van der Waals surface area contributed by atoms with Crippen LogP contribution in [-0.4, -0.2) is 48.3 Å². The number of hydrogen-bond donors (Lipinski definition) is 4. The van der Waals surface area contributed by atoms with E-state index in [2.05, 4.69) is 10.6 Å². The normalized spacial score (nSPS) is 9.11. The van der Waals surface area contributed by atoms with Crippen molar-refractivity contribution < 1.29 is 19.8 Å². The maximum atomic E-state index is 10.1. The first kappa shape index (κ1) is 23.0. The molecule has 18 heavy (non-hydrogen) atoms. The molecule has 0 aliphatic rings. The monoisotopic (exact) mass is 392 g/mol. The van der Waals surface area contributed by atoms with Crippen molar-refractivity contribution in [2.24, 2.45) is 0 Å². The summed E-state index contributed by atoms with van der Waals surface area (Å²) in [6.45, 7) is 1.46. The summed E-state index contributed by atoms with van der Waals surface area (Å²) in [5.74, 6) is -1.67. The first-order valence-electron chi connectivity index (χ1n) is 5.48. The fraction of sp³-hybridized carbons (Fsp3) is 0.800. The first-order chi connectivity index (χ1) is 7.63. The van der Waals surface area contributed by atoms with E-state index in [4.69, 9.17) is 10.2 Å². The third-order valence-electron chi connectivity index (χ3n) is 2.01. The second-order valence-corrected chi connectivity index (χ2v) is 3.56. The molecule has 0 unspecified atom stereocenters. The Balaban J connectivity index is -0.00000112. The van der Waals surface area contributed by atoms with E-state index in [-0.39, 0.29) is 47.1 Å². The highest BCUT2D eigenvalue weighted by atomic mass is 79.9. The molecule has 0 spiro atoms. The summed E-state index contributed by atoms with van der Waals surface area (Å²) in [7, 11) is 0. The third kappa shape index (κ3) is 21.1. The van der Waals surface area contributed by atoms with Gasteiger partial charge in [0.1, 0.15) is 0 Å². The molecular weight excluding hydrogens is 372 g/mol. The second-order valence-electron chi connectivity index (χ2n) is 3.56. The van der Waals surface area contributed by atoms with Gasteiger partial charge in [0.2, 0.25) is 0 Å². The van der Waals surface area contributed by atoms with E-state index in [9.17, 15) is 9.59 Å². The summed E-state index contributed by atoms with van der Waals surface area (Å²) in [6.07, 6.45) is 3.96. The van der Waals surface area contributed by atoms with Gasteiger partial charge >= 0.3 is 11.9 Å². The molecule has 0 amide bonds. The Morgan fingerprint density at radius 1 is 0.722 bits per heavy atom. The van der Waals surface area contributed by atoms with Crippen molar-refractivity contribution in [2.75, 3.05) is 26.2 Å². The highest BCUT2D eigenvalue weighted by molar-refractivity contribution is 8.93. The Morgan fingerprint density at radius 3 is 1.33 bits per heavy atom. The number of carboxylic acids is 2. The lowest BCUT2D eigenvalue weighted by Gasteiger charge is -2.03. The number of carboxylic acid groups (broad SMARTS) is 2. The van der Waals surface area contributed by atoms with E-state index in [0.717, 1.165) is 38.8 Å². The van der Waals surface area contributed by atoms with Gasteiger partial charge in [-0.2, -0.15) is 0 Å². The lowest BCUT2D eigenvalue weighted by atomic mass is 10.2. The van der Waals surface area contributed by atoms with E-state index < -0.39 is 11.9 Å². The molecule has 110 valence electrons. The van der Waals surface area contributed by atoms with Crippen LogP contribution in [0.2, 0.25) is 0 Å². The van der Waals surface area contributed by atoms with Crippen LogP contribution in [0.1, 0.15) is 25.7 Å². The molecule has 0 aliphatic heterocycles. The first-order valence-corrected chi connectivity index (χ1v) is 5.48. The summed E-state index contributed by atoms with van der Waals surface area (Å²) in [5.41, 5.74) is 0. The fourth-order valence-electron chi connectivity index (χ4n) is 1.24. The molecule has 0 heterocycles. The van der Waals surface area contributed by atoms with Crippen LogP contribution in [0.5, 0.6) is 0 Å². The molecule has 0 aromatic heterocycles. The fourth-order valence-corrected chi connectivity index (χ4v) is 1.24. The van der Waals surface area contributed by atoms with Crippen molar-refractivity contribution in [3.8, 4) is 0 Å². The highest BCUT2D eigenvalue weighted by Gasteiger charge is 1.96. The van der Waals surface area contributed by atoms with E-state index >= 15 is 0 Å². The number of hydrogen-bond acceptors (Lipinski definition) is 4. The van der Waals surface area contributed by atoms with Gasteiger partial charge in [-0.15, -0.1) is 34.0 Å². The maximum Gasteiger partial charge on any atom is 0.317 e. The van der Waals surface area contributed by atoms with E-state index in [1.54, 1.807) is 0 Å². The van der Waals surface area contributed by atoms with Crippen LogP contribution in [0, 0.1) is 0 Å². The van der Waals surface area contributed by atoms with Gasteiger partial charge in [-0.25, -0.2) is 0 Å². The number of aliphatic carboxylic acids is 2. The lowest BCUT2D eigenvalue weighted by molar-refractivity contribution is -0.137. The third-order valence-corrected chi connectivity index (χ3v) is 2.01. The van der Waals surface area contributed by atoms with Crippen molar-refractivity contribution >= 4 is 45.9 Å². The Hall–Kier alpha value is -0.180. The Kier molecular flexibility index (Phi) is 21.4. The van der Waals surface area contributed by atoms with Crippen LogP contribution >= 0.6 is 34.0 Å². The zero-order chi connectivity index (χ0) is 12.2. The van der Waals surface area contributed by atoms with Crippen LogP contribution in [0.25, 0.3) is 0 Å². The molecule has 0 rings (SSSR count). The quantitative estimate of drug-likeness (QED) is 0.391. The zero-order valence-corrected chi connectivity index (χ0v) is 13.6. The second kappa shape index (κ2) is 16.8. The van der Waals surface area contributed by atoms with Crippen LogP contribution < -0.4 is 10.6 Å². The largest absolute Gasteiger partial charge is 0.480 e. The van der Waals surface area contributed by atoms with Crippen molar-refractivity contribution in [3.05, 3.63) is 0 Å².